The molecule has 7 heteroatoms. The molecule has 0 radical (unpaired) electrons. The summed E-state index contributed by atoms with van der Waals surface area (Å²) >= 11 is 0. The lowest BCUT2D eigenvalue weighted by molar-refractivity contribution is -0.134. The van der Waals surface area contributed by atoms with Gasteiger partial charge in [0.05, 0.1) is 0 Å². The number of aliphatic carboxylic acids is 1. The summed E-state index contributed by atoms with van der Waals surface area (Å²) in [5.74, 6) is -1.91. The molecule has 1 rings (SSSR count). The van der Waals surface area contributed by atoms with Gasteiger partial charge in [-0.15, -0.1) is 0 Å². The van der Waals surface area contributed by atoms with Gasteiger partial charge >= 0.3 is 5.97 Å². The predicted molar refractivity (Wildman–Crippen MR) is 50.4 cm³/mol. The molecular formula is C7H14N2O4S. The van der Waals surface area contributed by atoms with Crippen LogP contribution in [0.5, 0.6) is 0 Å². The number of hydrogen-bond acceptors (Lipinski definition) is 4. The number of carboxylic acid groups (broad SMARTS) is 1. The van der Waals surface area contributed by atoms with Gasteiger partial charge in [0.25, 0.3) is 0 Å². The molecule has 0 amide bonds. The van der Waals surface area contributed by atoms with Crippen LogP contribution in [0.3, 0.4) is 0 Å². The molecule has 0 aromatic carbocycles. The van der Waals surface area contributed by atoms with Gasteiger partial charge in [0.1, 0.15) is 0 Å². The molecule has 0 bridgehead atoms. The number of hydrogen-bond donors (Lipinski definition) is 3. The van der Waals surface area contributed by atoms with Crippen LogP contribution in [0.15, 0.2) is 0 Å². The normalized spacial score (nSPS) is 22.4. The average molecular weight is 222 g/mol. The van der Waals surface area contributed by atoms with Crippen molar-refractivity contribution in [2.24, 2.45) is 5.92 Å². The van der Waals surface area contributed by atoms with Crippen molar-refractivity contribution in [3.63, 3.8) is 0 Å². The fourth-order valence-electron chi connectivity index (χ4n) is 1.35. The largest absolute Gasteiger partial charge is 0.480 e. The van der Waals surface area contributed by atoms with Gasteiger partial charge in [-0.25, -0.2) is 13.1 Å². The van der Waals surface area contributed by atoms with E-state index in [0.29, 0.717) is 6.54 Å². The summed E-state index contributed by atoms with van der Waals surface area (Å²) in [5.41, 5.74) is 0. The van der Waals surface area contributed by atoms with Gasteiger partial charge in [-0.2, -0.15) is 0 Å². The van der Waals surface area contributed by atoms with Crippen molar-refractivity contribution in [2.45, 2.75) is 6.42 Å². The molecule has 6 nitrogen and oxygen atoms in total. The third kappa shape index (κ3) is 4.03. The molecular weight excluding hydrogens is 208 g/mol. The van der Waals surface area contributed by atoms with E-state index in [4.69, 9.17) is 5.11 Å². The Morgan fingerprint density at radius 2 is 2.29 bits per heavy atom. The Bertz CT molecular complexity index is 295. The Kier molecular flexibility index (Phi) is 3.85. The molecule has 1 aliphatic rings. The first-order valence-corrected chi connectivity index (χ1v) is 6.05. The molecule has 1 fully saturated rings. The molecule has 1 saturated heterocycles. The van der Waals surface area contributed by atoms with Gasteiger partial charge in [0.2, 0.25) is 10.0 Å². The van der Waals surface area contributed by atoms with E-state index in [2.05, 4.69) is 10.0 Å². The molecule has 0 spiro atoms. The van der Waals surface area contributed by atoms with Crippen LogP contribution in [-0.2, 0) is 14.8 Å². The Labute approximate surface area is 82.7 Å². The van der Waals surface area contributed by atoms with Crippen molar-refractivity contribution in [2.75, 3.05) is 25.4 Å². The molecule has 3 N–H and O–H groups in total. The summed E-state index contributed by atoms with van der Waals surface area (Å²) in [4.78, 5) is 10.2. The zero-order valence-electron chi connectivity index (χ0n) is 7.69. The maximum absolute atomic E-state index is 11.1. The van der Waals surface area contributed by atoms with Crippen molar-refractivity contribution < 1.29 is 18.3 Å². The van der Waals surface area contributed by atoms with Crippen LogP contribution >= 0.6 is 0 Å². The van der Waals surface area contributed by atoms with Crippen LogP contribution < -0.4 is 10.0 Å². The highest BCUT2D eigenvalue weighted by Crippen LogP contribution is 2.05. The summed E-state index contributed by atoms with van der Waals surface area (Å²) in [7, 11) is -3.65. The SMILES string of the molecule is O=C(O)CS(=O)(=O)NCC1CCNC1. The molecule has 14 heavy (non-hydrogen) atoms. The highest BCUT2D eigenvalue weighted by Gasteiger charge is 2.19. The van der Waals surface area contributed by atoms with E-state index >= 15 is 0 Å². The fourth-order valence-corrected chi connectivity index (χ4v) is 2.26. The maximum Gasteiger partial charge on any atom is 0.320 e. The topological polar surface area (TPSA) is 95.5 Å². The lowest BCUT2D eigenvalue weighted by Gasteiger charge is -2.08. The van der Waals surface area contributed by atoms with Crippen LogP contribution in [0, 0.1) is 5.92 Å². The van der Waals surface area contributed by atoms with E-state index in [-0.39, 0.29) is 5.92 Å². The van der Waals surface area contributed by atoms with Gasteiger partial charge in [-0.05, 0) is 25.4 Å². The predicted octanol–water partition coefficient (Wildman–Crippen LogP) is -1.40. The lowest BCUT2D eigenvalue weighted by atomic mass is 10.1. The van der Waals surface area contributed by atoms with Crippen molar-refractivity contribution >= 4 is 16.0 Å². The second-order valence-corrected chi connectivity index (χ2v) is 5.17. The number of nitrogens with one attached hydrogen (secondary N) is 2. The molecule has 0 aromatic rings. The standard InChI is InChI=1S/C7H14N2O4S/c10-7(11)5-14(12,13)9-4-6-1-2-8-3-6/h6,8-9H,1-5H2,(H,10,11). The molecule has 1 heterocycles. The minimum Gasteiger partial charge on any atom is -0.480 e. The summed E-state index contributed by atoms with van der Waals surface area (Å²) in [6, 6.07) is 0. The third-order valence-corrected chi connectivity index (χ3v) is 3.30. The Morgan fingerprint density at radius 3 is 2.79 bits per heavy atom. The van der Waals surface area contributed by atoms with Gasteiger partial charge in [0, 0.05) is 6.54 Å². The molecule has 0 aliphatic carbocycles. The van der Waals surface area contributed by atoms with Crippen LogP contribution in [0.4, 0.5) is 0 Å². The number of carbonyl (C=O) groups is 1. The van der Waals surface area contributed by atoms with E-state index in [1.807, 2.05) is 0 Å². The second-order valence-electron chi connectivity index (χ2n) is 3.36. The summed E-state index contributed by atoms with van der Waals surface area (Å²) in [6.07, 6.45) is 0.926. The number of sulfonamides is 1. The summed E-state index contributed by atoms with van der Waals surface area (Å²) < 4.78 is 24.5. The first-order chi connectivity index (χ1) is 6.49. The Hall–Kier alpha value is -0.660. The molecule has 1 unspecified atom stereocenters. The highest BCUT2D eigenvalue weighted by atomic mass is 32.2. The van der Waals surface area contributed by atoms with Crippen molar-refractivity contribution in [3.05, 3.63) is 0 Å². The smallest absolute Gasteiger partial charge is 0.320 e. The van der Waals surface area contributed by atoms with Crippen LogP contribution in [0.2, 0.25) is 0 Å². The van der Waals surface area contributed by atoms with Gasteiger partial charge in [-0.3, -0.25) is 4.79 Å². The molecule has 0 saturated carbocycles. The maximum atomic E-state index is 11.1. The van der Waals surface area contributed by atoms with Crippen molar-refractivity contribution in [1.82, 2.24) is 10.0 Å². The average Bonchev–Trinajstić information content (AvgIpc) is 2.50. The second kappa shape index (κ2) is 4.72. The summed E-state index contributed by atoms with van der Waals surface area (Å²) in [5, 5.41) is 11.4. The minimum atomic E-state index is -3.65. The van der Waals surface area contributed by atoms with E-state index in [1.54, 1.807) is 0 Å². The Balaban J connectivity index is 2.32. The van der Waals surface area contributed by atoms with E-state index in [9.17, 15) is 13.2 Å². The van der Waals surface area contributed by atoms with Crippen LogP contribution in [0.1, 0.15) is 6.42 Å². The molecule has 1 atom stereocenters. The Morgan fingerprint density at radius 1 is 1.57 bits per heavy atom. The van der Waals surface area contributed by atoms with Gasteiger partial charge in [-0.1, -0.05) is 0 Å². The molecule has 1 aliphatic heterocycles. The van der Waals surface area contributed by atoms with Gasteiger partial charge in [0.15, 0.2) is 5.75 Å². The highest BCUT2D eigenvalue weighted by molar-refractivity contribution is 7.90. The van der Waals surface area contributed by atoms with Crippen molar-refractivity contribution in [1.29, 1.82) is 0 Å². The quantitative estimate of drug-likeness (QED) is 0.531. The number of rotatable bonds is 5. The first kappa shape index (κ1) is 11.4. The molecule has 82 valence electrons. The third-order valence-electron chi connectivity index (χ3n) is 2.07. The zero-order chi connectivity index (χ0) is 10.6. The van der Waals surface area contributed by atoms with E-state index in [0.717, 1.165) is 19.5 Å². The van der Waals surface area contributed by atoms with Crippen LogP contribution in [-0.4, -0.2) is 44.9 Å². The van der Waals surface area contributed by atoms with Gasteiger partial charge < -0.3 is 10.4 Å². The fraction of sp³-hybridized carbons (Fsp3) is 0.857. The zero-order valence-corrected chi connectivity index (χ0v) is 8.51. The monoisotopic (exact) mass is 222 g/mol. The molecule has 0 aromatic heterocycles. The number of carboxylic acids is 1. The van der Waals surface area contributed by atoms with E-state index < -0.39 is 21.7 Å². The van der Waals surface area contributed by atoms with Crippen molar-refractivity contribution in [3.8, 4) is 0 Å². The first-order valence-electron chi connectivity index (χ1n) is 4.39. The minimum absolute atomic E-state index is 0.276. The lowest BCUT2D eigenvalue weighted by Crippen LogP contribution is -2.34. The van der Waals surface area contributed by atoms with Crippen LogP contribution in [0.25, 0.3) is 0 Å². The summed E-state index contributed by atoms with van der Waals surface area (Å²) in [6.45, 7) is 2.00. The van der Waals surface area contributed by atoms with E-state index in [1.165, 1.54) is 0 Å².